The van der Waals surface area contributed by atoms with E-state index in [0.717, 1.165) is 5.56 Å². The molecule has 0 saturated heterocycles. The first kappa shape index (κ1) is 9.88. The van der Waals surface area contributed by atoms with Gasteiger partial charge in [-0.15, -0.1) is 0 Å². The zero-order valence-electron chi connectivity index (χ0n) is 6.91. The molecule has 1 aromatic heterocycles. The molecule has 0 unspecified atom stereocenters. The van der Waals surface area contributed by atoms with Gasteiger partial charge in [0.2, 0.25) is 0 Å². The molecule has 0 radical (unpaired) electrons. The molecular formula is C8H10N2O2S. The van der Waals surface area contributed by atoms with Gasteiger partial charge in [-0.1, -0.05) is 18.3 Å². The summed E-state index contributed by atoms with van der Waals surface area (Å²) in [6, 6.07) is 3.68. The summed E-state index contributed by atoms with van der Waals surface area (Å²) in [4.78, 5) is 13.0. The number of rotatable bonds is 4. The van der Waals surface area contributed by atoms with Crippen LogP contribution in [0.4, 0.5) is 0 Å². The third-order valence-corrected chi connectivity index (χ3v) is 1.87. The highest BCUT2D eigenvalue weighted by atomic mass is 32.1. The molecule has 1 rings (SSSR count). The Morgan fingerprint density at radius 2 is 2.46 bits per heavy atom. The number of aliphatic carboxylic acids is 1. The van der Waals surface area contributed by atoms with E-state index >= 15 is 0 Å². The normalized spacial score (nSPS) is 9.85. The number of aromatic nitrogens is 1. The summed E-state index contributed by atoms with van der Waals surface area (Å²) in [7, 11) is 0. The van der Waals surface area contributed by atoms with Gasteiger partial charge in [-0.3, -0.25) is 4.79 Å². The van der Waals surface area contributed by atoms with Crippen molar-refractivity contribution in [3.05, 3.63) is 28.5 Å². The van der Waals surface area contributed by atoms with Gasteiger partial charge < -0.3 is 15.4 Å². The predicted octanol–water partition coefficient (Wildman–Crippen LogP) is 0.918. The van der Waals surface area contributed by atoms with Crippen LogP contribution in [0.1, 0.15) is 5.56 Å². The van der Waals surface area contributed by atoms with Crippen LogP contribution in [0.2, 0.25) is 0 Å². The number of carboxylic acids is 1. The second-order valence-corrected chi connectivity index (χ2v) is 2.93. The first-order valence-electron chi connectivity index (χ1n) is 3.79. The van der Waals surface area contributed by atoms with Gasteiger partial charge in [-0.05, 0) is 6.07 Å². The third kappa shape index (κ3) is 3.35. The fourth-order valence-corrected chi connectivity index (χ4v) is 1.11. The van der Waals surface area contributed by atoms with E-state index in [9.17, 15) is 4.79 Å². The van der Waals surface area contributed by atoms with Gasteiger partial charge in [0.25, 0.3) is 0 Å². The fourth-order valence-electron chi connectivity index (χ4n) is 0.900. The van der Waals surface area contributed by atoms with Crippen LogP contribution < -0.4 is 5.32 Å². The highest BCUT2D eigenvalue weighted by Gasteiger charge is 1.97. The van der Waals surface area contributed by atoms with E-state index in [1.807, 2.05) is 12.1 Å². The lowest BCUT2D eigenvalue weighted by Crippen LogP contribution is -2.22. The van der Waals surface area contributed by atoms with E-state index in [-0.39, 0.29) is 6.54 Å². The van der Waals surface area contributed by atoms with Crippen LogP contribution in [-0.4, -0.2) is 22.6 Å². The van der Waals surface area contributed by atoms with E-state index in [2.05, 4.69) is 10.3 Å². The SMILES string of the molecule is O=C(O)CNCc1ccc[nH]c1=S. The second kappa shape index (κ2) is 4.74. The van der Waals surface area contributed by atoms with Gasteiger partial charge in [0.15, 0.2) is 0 Å². The number of carbonyl (C=O) groups is 1. The van der Waals surface area contributed by atoms with E-state index in [1.54, 1.807) is 6.20 Å². The molecule has 0 saturated carbocycles. The van der Waals surface area contributed by atoms with Gasteiger partial charge in [-0.25, -0.2) is 0 Å². The lowest BCUT2D eigenvalue weighted by Gasteiger charge is -2.01. The highest BCUT2D eigenvalue weighted by molar-refractivity contribution is 7.71. The molecule has 5 heteroatoms. The summed E-state index contributed by atoms with van der Waals surface area (Å²) in [5.74, 6) is -0.870. The lowest BCUT2D eigenvalue weighted by atomic mass is 10.3. The Bertz CT molecular complexity index is 348. The van der Waals surface area contributed by atoms with E-state index in [0.29, 0.717) is 11.2 Å². The first-order valence-corrected chi connectivity index (χ1v) is 4.20. The smallest absolute Gasteiger partial charge is 0.317 e. The minimum Gasteiger partial charge on any atom is -0.480 e. The van der Waals surface area contributed by atoms with E-state index < -0.39 is 5.97 Å². The maximum Gasteiger partial charge on any atom is 0.317 e. The van der Waals surface area contributed by atoms with Crippen LogP contribution in [-0.2, 0) is 11.3 Å². The van der Waals surface area contributed by atoms with Crippen LogP contribution in [0.25, 0.3) is 0 Å². The zero-order chi connectivity index (χ0) is 9.68. The summed E-state index contributed by atoms with van der Waals surface area (Å²) in [5, 5.41) is 11.1. The monoisotopic (exact) mass is 198 g/mol. The van der Waals surface area contributed by atoms with E-state index in [1.165, 1.54) is 0 Å². The first-order chi connectivity index (χ1) is 6.20. The molecule has 0 amide bonds. The van der Waals surface area contributed by atoms with Crippen molar-refractivity contribution in [1.82, 2.24) is 10.3 Å². The Morgan fingerprint density at radius 1 is 1.69 bits per heavy atom. The Kier molecular flexibility index (Phi) is 3.60. The second-order valence-electron chi connectivity index (χ2n) is 2.52. The summed E-state index contributed by atoms with van der Waals surface area (Å²) in [5.41, 5.74) is 0.902. The number of pyridine rings is 1. The molecule has 70 valence electrons. The number of aromatic amines is 1. The Hall–Kier alpha value is -1.20. The van der Waals surface area contributed by atoms with Gasteiger partial charge in [0.05, 0.1) is 6.54 Å². The van der Waals surface area contributed by atoms with Gasteiger partial charge in [0.1, 0.15) is 4.64 Å². The molecule has 3 N–H and O–H groups in total. The third-order valence-electron chi connectivity index (χ3n) is 1.49. The average molecular weight is 198 g/mol. The molecule has 13 heavy (non-hydrogen) atoms. The molecule has 1 aromatic rings. The van der Waals surface area contributed by atoms with E-state index in [4.69, 9.17) is 17.3 Å². The summed E-state index contributed by atoms with van der Waals surface area (Å²) >= 11 is 4.99. The number of nitrogens with one attached hydrogen (secondary N) is 2. The molecular weight excluding hydrogens is 188 g/mol. The summed E-state index contributed by atoms with van der Waals surface area (Å²) in [6.45, 7) is 0.423. The standard InChI is InChI=1S/C8H10N2O2S/c11-7(12)5-9-4-6-2-1-3-10-8(6)13/h1-3,9H,4-5H2,(H,10,13)(H,11,12). The van der Waals surface area contributed by atoms with Crippen LogP contribution >= 0.6 is 12.2 Å². The van der Waals surface area contributed by atoms with Gasteiger partial charge in [-0.2, -0.15) is 0 Å². The van der Waals surface area contributed by atoms with Crippen LogP contribution in [0.3, 0.4) is 0 Å². The molecule has 0 atom stereocenters. The maximum absolute atomic E-state index is 10.2. The van der Waals surface area contributed by atoms with Crippen molar-refractivity contribution in [2.75, 3.05) is 6.54 Å². The topological polar surface area (TPSA) is 65.1 Å². The molecule has 0 aromatic carbocycles. The van der Waals surface area contributed by atoms with Crippen molar-refractivity contribution in [2.24, 2.45) is 0 Å². The Labute approximate surface area is 80.6 Å². The van der Waals surface area contributed by atoms with Crippen LogP contribution in [0.5, 0.6) is 0 Å². The number of carboxylic acid groups (broad SMARTS) is 1. The molecule has 0 aliphatic carbocycles. The van der Waals surface area contributed by atoms with Crippen LogP contribution in [0.15, 0.2) is 18.3 Å². The summed E-state index contributed by atoms with van der Waals surface area (Å²) in [6.07, 6.45) is 1.74. The summed E-state index contributed by atoms with van der Waals surface area (Å²) < 4.78 is 0.639. The largest absolute Gasteiger partial charge is 0.480 e. The van der Waals surface area contributed by atoms with Crippen LogP contribution in [0, 0.1) is 4.64 Å². The van der Waals surface area contributed by atoms with Crippen molar-refractivity contribution in [1.29, 1.82) is 0 Å². The Balaban J connectivity index is 2.50. The molecule has 0 spiro atoms. The lowest BCUT2D eigenvalue weighted by molar-refractivity contribution is -0.135. The van der Waals surface area contributed by atoms with Gasteiger partial charge in [0, 0.05) is 18.3 Å². The zero-order valence-corrected chi connectivity index (χ0v) is 7.73. The quantitative estimate of drug-likeness (QED) is 0.629. The van der Waals surface area contributed by atoms with Crippen molar-refractivity contribution in [3.63, 3.8) is 0 Å². The van der Waals surface area contributed by atoms with Gasteiger partial charge >= 0.3 is 5.97 Å². The molecule has 4 nitrogen and oxygen atoms in total. The minimum absolute atomic E-state index is 0.0519. The molecule has 0 bridgehead atoms. The number of hydrogen-bond acceptors (Lipinski definition) is 3. The number of hydrogen-bond donors (Lipinski definition) is 3. The highest BCUT2D eigenvalue weighted by Crippen LogP contribution is 1.97. The van der Waals surface area contributed by atoms with Crippen molar-refractivity contribution in [2.45, 2.75) is 6.54 Å². The number of H-pyrrole nitrogens is 1. The average Bonchev–Trinajstić information content (AvgIpc) is 2.08. The molecule has 1 heterocycles. The minimum atomic E-state index is -0.870. The predicted molar refractivity (Wildman–Crippen MR) is 51.0 cm³/mol. The maximum atomic E-state index is 10.2. The Morgan fingerprint density at radius 3 is 3.08 bits per heavy atom. The molecule has 0 fully saturated rings. The van der Waals surface area contributed by atoms with Crippen molar-refractivity contribution in [3.8, 4) is 0 Å². The van der Waals surface area contributed by atoms with Crippen molar-refractivity contribution >= 4 is 18.2 Å². The molecule has 0 aliphatic rings. The molecule has 0 aliphatic heterocycles. The fraction of sp³-hybridized carbons (Fsp3) is 0.250. The van der Waals surface area contributed by atoms with Crippen molar-refractivity contribution < 1.29 is 9.90 Å².